The van der Waals surface area contributed by atoms with E-state index in [2.05, 4.69) is 10.3 Å². The van der Waals surface area contributed by atoms with Gasteiger partial charge in [0.1, 0.15) is 6.61 Å². The predicted molar refractivity (Wildman–Crippen MR) is 64.4 cm³/mol. The first kappa shape index (κ1) is 12.0. The maximum atomic E-state index is 11.4. The second kappa shape index (κ2) is 5.77. The molecule has 1 aliphatic carbocycles. The number of ether oxygens (including phenoxy) is 1. The van der Waals surface area contributed by atoms with Gasteiger partial charge in [-0.25, -0.2) is 0 Å². The van der Waals surface area contributed by atoms with Crippen molar-refractivity contribution in [2.45, 2.75) is 26.3 Å². The summed E-state index contributed by atoms with van der Waals surface area (Å²) >= 11 is 0. The van der Waals surface area contributed by atoms with Gasteiger partial charge < -0.3 is 10.1 Å². The Hall–Kier alpha value is -1.42. The molecule has 0 bridgehead atoms. The van der Waals surface area contributed by atoms with Crippen LogP contribution in [0.1, 0.15) is 24.1 Å². The molecule has 1 aromatic rings. The van der Waals surface area contributed by atoms with E-state index in [1.807, 2.05) is 19.1 Å². The zero-order chi connectivity index (χ0) is 12.1. The minimum Gasteiger partial charge on any atom is -0.371 e. The Bertz CT molecular complexity index is 372. The molecule has 0 aliphatic heterocycles. The van der Waals surface area contributed by atoms with E-state index >= 15 is 0 Å². The summed E-state index contributed by atoms with van der Waals surface area (Å²) in [6, 6.07) is 3.90. The van der Waals surface area contributed by atoms with Crippen molar-refractivity contribution in [1.82, 2.24) is 10.3 Å². The number of amides is 1. The van der Waals surface area contributed by atoms with Crippen LogP contribution in [0.4, 0.5) is 0 Å². The van der Waals surface area contributed by atoms with E-state index in [9.17, 15) is 4.79 Å². The Labute approximate surface area is 101 Å². The molecule has 1 aliphatic rings. The SMILES string of the molecule is Cc1ccc(CNC(=O)COCC2CC2)cn1. The van der Waals surface area contributed by atoms with Crippen LogP contribution in [0.3, 0.4) is 0 Å². The highest BCUT2D eigenvalue weighted by molar-refractivity contribution is 5.77. The summed E-state index contributed by atoms with van der Waals surface area (Å²) < 4.78 is 5.30. The fourth-order valence-electron chi connectivity index (χ4n) is 1.46. The Morgan fingerprint density at radius 3 is 3.00 bits per heavy atom. The lowest BCUT2D eigenvalue weighted by atomic mass is 10.2. The molecule has 1 amide bonds. The summed E-state index contributed by atoms with van der Waals surface area (Å²) in [5, 5.41) is 2.81. The van der Waals surface area contributed by atoms with Gasteiger partial charge in [-0.3, -0.25) is 9.78 Å². The Balaban J connectivity index is 1.62. The molecular weight excluding hydrogens is 216 g/mol. The quantitative estimate of drug-likeness (QED) is 0.810. The van der Waals surface area contributed by atoms with E-state index in [-0.39, 0.29) is 12.5 Å². The van der Waals surface area contributed by atoms with E-state index in [0.29, 0.717) is 12.5 Å². The van der Waals surface area contributed by atoms with Gasteiger partial charge in [-0.1, -0.05) is 6.07 Å². The van der Waals surface area contributed by atoms with Gasteiger partial charge in [0.2, 0.25) is 5.91 Å². The van der Waals surface area contributed by atoms with Gasteiger partial charge in [0.15, 0.2) is 0 Å². The van der Waals surface area contributed by atoms with Crippen LogP contribution >= 0.6 is 0 Å². The topological polar surface area (TPSA) is 51.2 Å². The van der Waals surface area contributed by atoms with Crippen LogP contribution in [0, 0.1) is 12.8 Å². The Morgan fingerprint density at radius 2 is 2.35 bits per heavy atom. The Morgan fingerprint density at radius 1 is 1.53 bits per heavy atom. The van der Waals surface area contributed by atoms with Gasteiger partial charge in [-0.2, -0.15) is 0 Å². The number of carbonyl (C=O) groups is 1. The van der Waals surface area contributed by atoms with Gasteiger partial charge in [-0.05, 0) is 37.3 Å². The molecule has 1 aromatic heterocycles. The van der Waals surface area contributed by atoms with Gasteiger partial charge in [0.25, 0.3) is 0 Å². The van der Waals surface area contributed by atoms with Crippen LogP contribution in [0.5, 0.6) is 0 Å². The molecule has 2 rings (SSSR count). The van der Waals surface area contributed by atoms with Gasteiger partial charge >= 0.3 is 0 Å². The monoisotopic (exact) mass is 234 g/mol. The minimum absolute atomic E-state index is 0.0637. The first-order chi connectivity index (χ1) is 8.24. The highest BCUT2D eigenvalue weighted by Crippen LogP contribution is 2.28. The smallest absolute Gasteiger partial charge is 0.246 e. The average molecular weight is 234 g/mol. The Kier molecular flexibility index (Phi) is 4.09. The van der Waals surface area contributed by atoms with Crippen molar-refractivity contribution < 1.29 is 9.53 Å². The highest BCUT2D eigenvalue weighted by Gasteiger charge is 2.21. The number of hydrogen-bond donors (Lipinski definition) is 1. The number of rotatable bonds is 6. The second-order valence-electron chi connectivity index (χ2n) is 4.54. The lowest BCUT2D eigenvalue weighted by Gasteiger charge is -2.06. The number of nitrogens with zero attached hydrogens (tertiary/aromatic N) is 1. The molecule has 0 spiro atoms. The fraction of sp³-hybridized carbons (Fsp3) is 0.538. The van der Waals surface area contributed by atoms with Crippen molar-refractivity contribution in [3.8, 4) is 0 Å². The largest absolute Gasteiger partial charge is 0.371 e. The third kappa shape index (κ3) is 4.53. The molecule has 1 heterocycles. The normalized spacial score (nSPS) is 14.6. The molecule has 0 atom stereocenters. The summed E-state index contributed by atoms with van der Waals surface area (Å²) in [6.45, 7) is 3.34. The molecule has 92 valence electrons. The molecular formula is C13H18N2O2. The highest BCUT2D eigenvalue weighted by atomic mass is 16.5. The first-order valence-corrected chi connectivity index (χ1v) is 6.00. The van der Waals surface area contributed by atoms with E-state index in [4.69, 9.17) is 4.74 Å². The van der Waals surface area contributed by atoms with Gasteiger partial charge in [0.05, 0.1) is 6.61 Å². The van der Waals surface area contributed by atoms with Crippen molar-refractivity contribution in [3.05, 3.63) is 29.6 Å². The second-order valence-corrected chi connectivity index (χ2v) is 4.54. The van der Waals surface area contributed by atoms with Crippen LogP contribution in [0.25, 0.3) is 0 Å². The van der Waals surface area contributed by atoms with E-state index in [1.54, 1.807) is 6.20 Å². The number of carbonyl (C=O) groups excluding carboxylic acids is 1. The molecule has 1 N–H and O–H groups in total. The van der Waals surface area contributed by atoms with Crippen molar-refractivity contribution in [2.75, 3.05) is 13.2 Å². The summed E-state index contributed by atoms with van der Waals surface area (Å²) in [5.74, 6) is 0.635. The van der Waals surface area contributed by atoms with Crippen molar-refractivity contribution >= 4 is 5.91 Å². The van der Waals surface area contributed by atoms with Gasteiger partial charge in [-0.15, -0.1) is 0 Å². The minimum atomic E-state index is -0.0637. The molecule has 1 saturated carbocycles. The van der Waals surface area contributed by atoms with E-state index < -0.39 is 0 Å². The molecule has 0 aromatic carbocycles. The predicted octanol–water partition coefficient (Wildman–Crippen LogP) is 1.43. The van der Waals surface area contributed by atoms with E-state index in [0.717, 1.165) is 17.9 Å². The van der Waals surface area contributed by atoms with Gasteiger partial charge in [0, 0.05) is 18.4 Å². The van der Waals surface area contributed by atoms with Crippen molar-refractivity contribution in [1.29, 1.82) is 0 Å². The third-order valence-electron chi connectivity index (χ3n) is 2.75. The molecule has 0 radical (unpaired) electrons. The number of aryl methyl sites for hydroxylation is 1. The number of pyridine rings is 1. The van der Waals surface area contributed by atoms with Crippen LogP contribution < -0.4 is 5.32 Å². The first-order valence-electron chi connectivity index (χ1n) is 6.00. The van der Waals surface area contributed by atoms with Crippen LogP contribution in [-0.2, 0) is 16.1 Å². The van der Waals surface area contributed by atoms with Crippen LogP contribution in [0.2, 0.25) is 0 Å². The standard InChI is InChI=1S/C13H18N2O2/c1-10-2-3-12(6-14-10)7-15-13(16)9-17-8-11-4-5-11/h2-3,6,11H,4-5,7-9H2,1H3,(H,15,16). The third-order valence-corrected chi connectivity index (χ3v) is 2.75. The van der Waals surface area contributed by atoms with E-state index in [1.165, 1.54) is 12.8 Å². The zero-order valence-corrected chi connectivity index (χ0v) is 10.1. The molecule has 0 unspecified atom stereocenters. The number of hydrogen-bond acceptors (Lipinski definition) is 3. The van der Waals surface area contributed by atoms with Crippen molar-refractivity contribution in [2.24, 2.45) is 5.92 Å². The maximum absolute atomic E-state index is 11.4. The number of nitrogens with one attached hydrogen (secondary N) is 1. The summed E-state index contributed by atoms with van der Waals surface area (Å²) in [4.78, 5) is 15.6. The zero-order valence-electron chi connectivity index (χ0n) is 10.1. The van der Waals surface area contributed by atoms with Crippen LogP contribution in [-0.4, -0.2) is 24.1 Å². The lowest BCUT2D eigenvalue weighted by molar-refractivity contribution is -0.126. The maximum Gasteiger partial charge on any atom is 0.246 e. The summed E-state index contributed by atoms with van der Waals surface area (Å²) in [7, 11) is 0. The lowest BCUT2D eigenvalue weighted by Crippen LogP contribution is -2.27. The molecule has 17 heavy (non-hydrogen) atoms. The summed E-state index contributed by atoms with van der Waals surface area (Å²) in [5.41, 5.74) is 1.99. The molecule has 4 heteroatoms. The van der Waals surface area contributed by atoms with Crippen molar-refractivity contribution in [3.63, 3.8) is 0 Å². The molecule has 1 fully saturated rings. The summed E-state index contributed by atoms with van der Waals surface area (Å²) in [6.07, 6.45) is 4.27. The number of aromatic nitrogens is 1. The molecule has 4 nitrogen and oxygen atoms in total. The molecule has 0 saturated heterocycles. The average Bonchev–Trinajstić information content (AvgIpc) is 3.12. The van der Waals surface area contributed by atoms with Crippen LogP contribution in [0.15, 0.2) is 18.3 Å². The fourth-order valence-corrected chi connectivity index (χ4v) is 1.46.